The number of hydrogen-bond donors (Lipinski definition) is 0. The molecule has 0 spiro atoms. The van der Waals surface area contributed by atoms with Gasteiger partial charge < -0.3 is 14.0 Å². The second kappa shape index (κ2) is 8.89. The van der Waals surface area contributed by atoms with Gasteiger partial charge in [0.2, 0.25) is 0 Å². The lowest BCUT2D eigenvalue weighted by molar-refractivity contribution is 0.395. The molecule has 4 rings (SSSR count). The van der Waals surface area contributed by atoms with Crippen molar-refractivity contribution in [1.82, 2.24) is 19.7 Å². The molecule has 0 aliphatic heterocycles. The van der Waals surface area contributed by atoms with Gasteiger partial charge in [-0.3, -0.25) is 0 Å². The molecule has 0 aliphatic rings. The minimum atomic E-state index is 0.717. The smallest absolute Gasteiger partial charge is 0.191 e. The molecular weight excluding hydrogens is 416 g/mol. The van der Waals surface area contributed by atoms with Crippen molar-refractivity contribution in [1.29, 1.82) is 0 Å². The lowest BCUT2D eigenvalue weighted by Gasteiger charge is -2.08. The maximum atomic E-state index is 5.51. The van der Waals surface area contributed by atoms with Crippen molar-refractivity contribution in [2.45, 2.75) is 17.8 Å². The van der Waals surface area contributed by atoms with Crippen LogP contribution in [0.2, 0.25) is 0 Å². The van der Waals surface area contributed by atoms with Gasteiger partial charge in [0, 0.05) is 29.8 Å². The van der Waals surface area contributed by atoms with E-state index in [0.717, 1.165) is 44.3 Å². The maximum absolute atomic E-state index is 5.51. The average Bonchev–Trinajstić information content (AvgIpc) is 3.39. The first-order valence-electron chi connectivity index (χ1n) is 9.35. The third kappa shape index (κ3) is 4.06. The van der Waals surface area contributed by atoms with Crippen molar-refractivity contribution in [2.75, 3.05) is 14.2 Å². The normalized spacial score (nSPS) is 10.9. The van der Waals surface area contributed by atoms with E-state index in [1.807, 2.05) is 41.9 Å². The van der Waals surface area contributed by atoms with Crippen LogP contribution in [0.1, 0.15) is 11.3 Å². The fraction of sp³-hybridized carbons (Fsp3) is 0.227. The van der Waals surface area contributed by atoms with Crippen molar-refractivity contribution in [3.05, 3.63) is 59.1 Å². The monoisotopic (exact) mass is 438 g/mol. The molecule has 0 amide bonds. The van der Waals surface area contributed by atoms with Crippen molar-refractivity contribution in [2.24, 2.45) is 7.05 Å². The van der Waals surface area contributed by atoms with Gasteiger partial charge in [-0.05, 0) is 24.6 Å². The quantitative estimate of drug-likeness (QED) is 0.369. The Kier molecular flexibility index (Phi) is 6.06. The van der Waals surface area contributed by atoms with Gasteiger partial charge >= 0.3 is 0 Å². The van der Waals surface area contributed by atoms with E-state index in [0.29, 0.717) is 5.75 Å². The molecule has 0 aliphatic carbocycles. The molecule has 0 atom stereocenters. The molecule has 6 nitrogen and oxygen atoms in total. The zero-order chi connectivity index (χ0) is 21.1. The number of aryl methyl sites for hydroxylation is 1. The summed E-state index contributed by atoms with van der Waals surface area (Å²) in [5.74, 6) is 3.10. The summed E-state index contributed by atoms with van der Waals surface area (Å²) in [5, 5.41) is 12.6. The van der Waals surface area contributed by atoms with Crippen LogP contribution in [0.15, 0.2) is 53.0 Å². The van der Waals surface area contributed by atoms with E-state index >= 15 is 0 Å². The van der Waals surface area contributed by atoms with Gasteiger partial charge in [-0.2, -0.15) is 0 Å². The number of ether oxygens (including phenoxy) is 2. The Morgan fingerprint density at radius 3 is 2.63 bits per heavy atom. The number of rotatable bonds is 7. The summed E-state index contributed by atoms with van der Waals surface area (Å²) in [6.07, 6.45) is 0. The third-order valence-electron chi connectivity index (χ3n) is 4.76. The first-order valence-corrected chi connectivity index (χ1v) is 11.2. The van der Waals surface area contributed by atoms with Gasteiger partial charge in [0.05, 0.1) is 25.5 Å². The van der Waals surface area contributed by atoms with Crippen molar-refractivity contribution in [3.8, 4) is 33.5 Å². The Balaban J connectivity index is 1.50. The van der Waals surface area contributed by atoms with Crippen LogP contribution in [0.25, 0.3) is 22.0 Å². The van der Waals surface area contributed by atoms with Gasteiger partial charge in [-0.1, -0.05) is 36.0 Å². The standard InChI is InChI=1S/C22H22N4O2S2/c1-14-7-5-6-8-17(14)20-24-25-22(26(20)2)30-13-15-12-29-21(23-15)18-10-9-16(27-3)11-19(18)28-4/h5-12H,13H2,1-4H3. The molecule has 4 aromatic rings. The lowest BCUT2D eigenvalue weighted by atomic mass is 10.1. The summed E-state index contributed by atoms with van der Waals surface area (Å²) >= 11 is 3.23. The fourth-order valence-electron chi connectivity index (χ4n) is 3.11. The van der Waals surface area contributed by atoms with Crippen LogP contribution in [0.5, 0.6) is 11.5 Å². The van der Waals surface area contributed by atoms with E-state index < -0.39 is 0 Å². The molecule has 0 fully saturated rings. The second-order valence-electron chi connectivity index (χ2n) is 6.68. The highest BCUT2D eigenvalue weighted by Gasteiger charge is 2.15. The number of thioether (sulfide) groups is 1. The first-order chi connectivity index (χ1) is 14.6. The Morgan fingerprint density at radius 1 is 1.03 bits per heavy atom. The molecule has 0 unspecified atom stereocenters. The van der Waals surface area contributed by atoms with E-state index in [2.05, 4.69) is 34.6 Å². The predicted molar refractivity (Wildman–Crippen MR) is 121 cm³/mol. The summed E-state index contributed by atoms with van der Waals surface area (Å²) in [4.78, 5) is 4.79. The van der Waals surface area contributed by atoms with E-state index in [1.165, 1.54) is 5.56 Å². The average molecular weight is 439 g/mol. The summed E-state index contributed by atoms with van der Waals surface area (Å²) in [6, 6.07) is 14.0. The van der Waals surface area contributed by atoms with E-state index in [1.54, 1.807) is 37.3 Å². The Bertz CT molecular complexity index is 1170. The van der Waals surface area contributed by atoms with E-state index in [-0.39, 0.29) is 0 Å². The molecule has 2 aromatic heterocycles. The van der Waals surface area contributed by atoms with Gasteiger partial charge in [-0.15, -0.1) is 21.5 Å². The van der Waals surface area contributed by atoms with Crippen molar-refractivity contribution < 1.29 is 9.47 Å². The molecule has 2 heterocycles. The zero-order valence-electron chi connectivity index (χ0n) is 17.2. The van der Waals surface area contributed by atoms with Gasteiger partial charge in [-0.25, -0.2) is 4.98 Å². The molecule has 0 saturated carbocycles. The number of aromatic nitrogens is 4. The second-order valence-corrected chi connectivity index (χ2v) is 8.48. The van der Waals surface area contributed by atoms with Crippen molar-refractivity contribution >= 4 is 23.1 Å². The lowest BCUT2D eigenvalue weighted by Crippen LogP contribution is -1.96. The topological polar surface area (TPSA) is 62.1 Å². The molecule has 154 valence electrons. The number of thiazole rings is 1. The SMILES string of the molecule is COc1ccc(-c2nc(CSc3nnc(-c4ccccc4C)n3C)cs2)c(OC)c1. The molecule has 0 N–H and O–H groups in total. The summed E-state index contributed by atoms with van der Waals surface area (Å²) in [6.45, 7) is 2.08. The fourth-order valence-corrected chi connectivity index (χ4v) is 4.87. The molecule has 8 heteroatoms. The molecule has 0 bridgehead atoms. The van der Waals surface area contributed by atoms with Crippen LogP contribution in [0, 0.1) is 6.92 Å². The number of benzene rings is 2. The largest absolute Gasteiger partial charge is 0.497 e. The molecular formula is C22H22N4O2S2. The van der Waals surface area contributed by atoms with Crippen LogP contribution in [0.4, 0.5) is 0 Å². The Labute approximate surface area is 183 Å². The third-order valence-corrected chi connectivity index (χ3v) is 6.74. The van der Waals surface area contributed by atoms with E-state index in [4.69, 9.17) is 14.5 Å². The number of nitrogens with zero attached hydrogens (tertiary/aromatic N) is 4. The van der Waals surface area contributed by atoms with Gasteiger partial charge in [0.25, 0.3) is 0 Å². The summed E-state index contributed by atoms with van der Waals surface area (Å²) in [7, 11) is 5.30. The highest BCUT2D eigenvalue weighted by atomic mass is 32.2. The summed E-state index contributed by atoms with van der Waals surface area (Å²) in [5.41, 5.74) is 4.24. The Morgan fingerprint density at radius 2 is 1.87 bits per heavy atom. The minimum absolute atomic E-state index is 0.717. The molecule has 0 radical (unpaired) electrons. The minimum Gasteiger partial charge on any atom is -0.497 e. The van der Waals surface area contributed by atoms with Crippen molar-refractivity contribution in [3.63, 3.8) is 0 Å². The van der Waals surface area contributed by atoms with Gasteiger partial charge in [0.1, 0.15) is 16.5 Å². The number of methoxy groups -OCH3 is 2. The van der Waals surface area contributed by atoms with Crippen LogP contribution in [-0.4, -0.2) is 34.0 Å². The highest BCUT2D eigenvalue weighted by Crippen LogP contribution is 2.36. The summed E-state index contributed by atoms with van der Waals surface area (Å²) < 4.78 is 12.8. The highest BCUT2D eigenvalue weighted by molar-refractivity contribution is 7.98. The van der Waals surface area contributed by atoms with Gasteiger partial charge in [0.15, 0.2) is 11.0 Å². The first kappa shape index (κ1) is 20.4. The molecule has 2 aromatic carbocycles. The van der Waals surface area contributed by atoms with Crippen LogP contribution >= 0.6 is 23.1 Å². The molecule has 0 saturated heterocycles. The van der Waals surface area contributed by atoms with Crippen LogP contribution < -0.4 is 9.47 Å². The van der Waals surface area contributed by atoms with Crippen LogP contribution in [0.3, 0.4) is 0 Å². The zero-order valence-corrected chi connectivity index (χ0v) is 18.9. The number of hydrogen-bond acceptors (Lipinski definition) is 7. The van der Waals surface area contributed by atoms with E-state index in [9.17, 15) is 0 Å². The Hall–Kier alpha value is -2.84. The maximum Gasteiger partial charge on any atom is 0.191 e. The predicted octanol–water partition coefficient (Wildman–Crippen LogP) is 5.22. The molecule has 30 heavy (non-hydrogen) atoms. The van der Waals surface area contributed by atoms with Crippen LogP contribution in [-0.2, 0) is 12.8 Å².